The van der Waals surface area contributed by atoms with Crippen LogP contribution in [0.1, 0.15) is 6.92 Å². The minimum Gasteiger partial charge on any atom is -0.491 e. The molecular formula is C12H16FNO3. The Morgan fingerprint density at radius 1 is 1.53 bits per heavy atom. The average Bonchev–Trinajstić information content (AvgIpc) is 2.30. The first-order valence-corrected chi connectivity index (χ1v) is 5.39. The quantitative estimate of drug-likeness (QED) is 0.764. The van der Waals surface area contributed by atoms with Crippen molar-refractivity contribution >= 4 is 5.97 Å². The molecule has 0 aliphatic heterocycles. The van der Waals surface area contributed by atoms with Crippen LogP contribution in [-0.2, 0) is 9.53 Å². The van der Waals surface area contributed by atoms with E-state index in [-0.39, 0.29) is 18.4 Å². The van der Waals surface area contributed by atoms with Crippen LogP contribution >= 0.6 is 0 Å². The van der Waals surface area contributed by atoms with Crippen molar-refractivity contribution in [2.45, 2.75) is 13.0 Å². The van der Waals surface area contributed by atoms with E-state index in [1.165, 1.54) is 12.1 Å². The summed E-state index contributed by atoms with van der Waals surface area (Å²) in [5.74, 6) is -0.374. The van der Waals surface area contributed by atoms with Crippen LogP contribution in [0.5, 0.6) is 5.75 Å². The monoisotopic (exact) mass is 241 g/mol. The van der Waals surface area contributed by atoms with Crippen molar-refractivity contribution in [2.24, 2.45) is 0 Å². The molecule has 0 fully saturated rings. The molecule has 17 heavy (non-hydrogen) atoms. The highest BCUT2D eigenvalue weighted by atomic mass is 19.1. The van der Waals surface area contributed by atoms with Gasteiger partial charge < -0.3 is 14.8 Å². The van der Waals surface area contributed by atoms with Crippen molar-refractivity contribution in [1.29, 1.82) is 0 Å². The summed E-state index contributed by atoms with van der Waals surface area (Å²) in [6, 6.07) is 5.20. The summed E-state index contributed by atoms with van der Waals surface area (Å²) in [5.41, 5.74) is 0. The van der Waals surface area contributed by atoms with Crippen LogP contribution < -0.4 is 10.1 Å². The van der Waals surface area contributed by atoms with Crippen molar-refractivity contribution in [3.8, 4) is 5.75 Å². The highest BCUT2D eigenvalue weighted by molar-refractivity contribution is 5.75. The van der Waals surface area contributed by atoms with Gasteiger partial charge in [0.1, 0.15) is 24.2 Å². The molecule has 1 atom stereocenters. The van der Waals surface area contributed by atoms with E-state index in [1.54, 1.807) is 26.1 Å². The van der Waals surface area contributed by atoms with Gasteiger partial charge >= 0.3 is 5.97 Å². The van der Waals surface area contributed by atoms with Gasteiger partial charge in [-0.05, 0) is 26.1 Å². The first kappa shape index (κ1) is 13.4. The van der Waals surface area contributed by atoms with Crippen LogP contribution in [0.25, 0.3) is 0 Å². The summed E-state index contributed by atoms with van der Waals surface area (Å²) in [5, 5.41) is 2.78. The van der Waals surface area contributed by atoms with Crippen LogP contribution in [0, 0.1) is 5.82 Å². The molecule has 1 aromatic rings. The lowest BCUT2D eigenvalue weighted by Crippen LogP contribution is -2.40. The molecule has 1 N–H and O–H groups in total. The SMILES string of the molecule is CCOC(=O)C(COc1cccc(F)c1)NC. The smallest absolute Gasteiger partial charge is 0.326 e. The first-order chi connectivity index (χ1) is 8.17. The van der Waals surface area contributed by atoms with Crippen molar-refractivity contribution in [2.75, 3.05) is 20.3 Å². The average molecular weight is 241 g/mol. The molecule has 0 spiro atoms. The molecular weight excluding hydrogens is 225 g/mol. The van der Waals surface area contributed by atoms with Gasteiger partial charge in [-0.15, -0.1) is 0 Å². The molecule has 0 aromatic heterocycles. The molecule has 5 heteroatoms. The number of halogens is 1. The second kappa shape index (κ2) is 6.85. The molecule has 1 rings (SSSR count). The molecule has 1 aromatic carbocycles. The molecule has 94 valence electrons. The number of nitrogens with one attached hydrogen (secondary N) is 1. The lowest BCUT2D eigenvalue weighted by Gasteiger charge is -2.15. The summed E-state index contributed by atoms with van der Waals surface area (Å²) in [6.45, 7) is 2.15. The maximum absolute atomic E-state index is 12.9. The van der Waals surface area contributed by atoms with Crippen LogP contribution in [0.3, 0.4) is 0 Å². The molecule has 0 heterocycles. The van der Waals surface area contributed by atoms with E-state index in [0.717, 1.165) is 0 Å². The largest absolute Gasteiger partial charge is 0.491 e. The topological polar surface area (TPSA) is 47.6 Å². The normalized spacial score (nSPS) is 11.9. The number of hydrogen-bond donors (Lipinski definition) is 1. The van der Waals surface area contributed by atoms with Gasteiger partial charge in [-0.2, -0.15) is 0 Å². The zero-order valence-electron chi connectivity index (χ0n) is 9.90. The van der Waals surface area contributed by atoms with E-state index in [0.29, 0.717) is 12.4 Å². The Labute approximate surface area is 99.7 Å². The fourth-order valence-corrected chi connectivity index (χ4v) is 1.25. The molecule has 0 saturated heterocycles. The fourth-order valence-electron chi connectivity index (χ4n) is 1.25. The highest BCUT2D eigenvalue weighted by Gasteiger charge is 2.18. The van der Waals surface area contributed by atoms with Crippen LogP contribution in [0.2, 0.25) is 0 Å². The Hall–Kier alpha value is -1.62. The van der Waals surface area contributed by atoms with Crippen LogP contribution in [0.15, 0.2) is 24.3 Å². The molecule has 4 nitrogen and oxygen atoms in total. The van der Waals surface area contributed by atoms with Crippen molar-refractivity contribution in [3.05, 3.63) is 30.1 Å². The Kier molecular flexibility index (Phi) is 5.42. The van der Waals surface area contributed by atoms with Gasteiger partial charge in [0.05, 0.1) is 6.61 Å². The van der Waals surface area contributed by atoms with Gasteiger partial charge in [-0.1, -0.05) is 6.07 Å². The zero-order chi connectivity index (χ0) is 12.7. The molecule has 0 aliphatic carbocycles. The predicted octanol–water partition coefficient (Wildman–Crippen LogP) is 1.36. The minimum atomic E-state index is -0.557. The Morgan fingerprint density at radius 3 is 2.88 bits per heavy atom. The third-order valence-electron chi connectivity index (χ3n) is 2.13. The second-order valence-corrected chi connectivity index (χ2v) is 3.36. The summed E-state index contributed by atoms with van der Waals surface area (Å²) >= 11 is 0. The maximum atomic E-state index is 12.9. The van der Waals surface area contributed by atoms with Crippen LogP contribution in [-0.4, -0.2) is 32.3 Å². The molecule has 0 saturated carbocycles. The Balaban J connectivity index is 2.50. The van der Waals surface area contributed by atoms with E-state index in [4.69, 9.17) is 9.47 Å². The van der Waals surface area contributed by atoms with Gasteiger partial charge in [0, 0.05) is 6.07 Å². The third-order valence-corrected chi connectivity index (χ3v) is 2.13. The van der Waals surface area contributed by atoms with E-state index in [1.807, 2.05) is 0 Å². The van der Waals surface area contributed by atoms with Gasteiger partial charge in [-0.3, -0.25) is 4.79 Å². The van der Waals surface area contributed by atoms with Crippen molar-refractivity contribution < 1.29 is 18.7 Å². The Bertz CT molecular complexity index is 371. The fraction of sp³-hybridized carbons (Fsp3) is 0.417. The van der Waals surface area contributed by atoms with Gasteiger partial charge in [0.2, 0.25) is 0 Å². The number of esters is 1. The Morgan fingerprint density at radius 2 is 2.29 bits per heavy atom. The highest BCUT2D eigenvalue weighted by Crippen LogP contribution is 2.12. The van der Waals surface area contributed by atoms with Crippen molar-refractivity contribution in [3.63, 3.8) is 0 Å². The van der Waals surface area contributed by atoms with E-state index in [9.17, 15) is 9.18 Å². The number of carbonyl (C=O) groups is 1. The maximum Gasteiger partial charge on any atom is 0.326 e. The second-order valence-electron chi connectivity index (χ2n) is 3.36. The molecule has 0 aliphatic rings. The number of rotatable bonds is 6. The third kappa shape index (κ3) is 4.40. The first-order valence-electron chi connectivity index (χ1n) is 5.39. The van der Waals surface area contributed by atoms with Gasteiger partial charge in [0.15, 0.2) is 0 Å². The predicted molar refractivity (Wildman–Crippen MR) is 61.4 cm³/mol. The van der Waals surface area contributed by atoms with Gasteiger partial charge in [-0.25, -0.2) is 4.39 Å². The standard InChI is InChI=1S/C12H16FNO3/c1-3-16-12(15)11(14-2)8-17-10-6-4-5-9(13)7-10/h4-7,11,14H,3,8H2,1-2H3. The molecule has 0 amide bonds. The van der Waals surface area contributed by atoms with E-state index >= 15 is 0 Å². The summed E-state index contributed by atoms with van der Waals surface area (Å²) < 4.78 is 23.0. The molecule has 0 radical (unpaired) electrons. The minimum absolute atomic E-state index is 0.0960. The number of ether oxygens (including phenoxy) is 2. The number of likely N-dealkylation sites (N-methyl/N-ethyl adjacent to an activating group) is 1. The number of carbonyl (C=O) groups excluding carboxylic acids is 1. The van der Waals surface area contributed by atoms with Crippen molar-refractivity contribution in [1.82, 2.24) is 5.32 Å². The molecule has 1 unspecified atom stereocenters. The lowest BCUT2D eigenvalue weighted by molar-refractivity contribution is -0.146. The zero-order valence-corrected chi connectivity index (χ0v) is 9.90. The van der Waals surface area contributed by atoms with E-state index < -0.39 is 6.04 Å². The number of benzene rings is 1. The van der Waals surface area contributed by atoms with Crippen LogP contribution in [0.4, 0.5) is 4.39 Å². The summed E-state index contributed by atoms with van der Waals surface area (Å²) in [7, 11) is 1.64. The van der Waals surface area contributed by atoms with E-state index in [2.05, 4.69) is 5.32 Å². The molecule has 0 bridgehead atoms. The van der Waals surface area contributed by atoms with Gasteiger partial charge in [0.25, 0.3) is 0 Å². The number of hydrogen-bond acceptors (Lipinski definition) is 4. The lowest BCUT2D eigenvalue weighted by atomic mass is 10.3. The summed E-state index contributed by atoms with van der Waals surface area (Å²) in [6.07, 6.45) is 0. The summed E-state index contributed by atoms with van der Waals surface area (Å²) in [4.78, 5) is 11.4.